The van der Waals surface area contributed by atoms with Crippen LogP contribution in [0.4, 0.5) is 5.69 Å². The van der Waals surface area contributed by atoms with Crippen molar-refractivity contribution in [1.82, 2.24) is 0 Å². The number of para-hydroxylation sites is 1. The second-order valence-electron chi connectivity index (χ2n) is 5.27. The van der Waals surface area contributed by atoms with Crippen molar-refractivity contribution < 1.29 is 4.79 Å². The van der Waals surface area contributed by atoms with Gasteiger partial charge in [-0.05, 0) is 35.6 Å². The van der Waals surface area contributed by atoms with Crippen LogP contribution in [0.5, 0.6) is 0 Å². The third-order valence-electron chi connectivity index (χ3n) is 3.70. The minimum absolute atomic E-state index is 0.141. The summed E-state index contributed by atoms with van der Waals surface area (Å²) in [5.74, 6) is -0.141. The number of thiophene rings is 1. The van der Waals surface area contributed by atoms with Gasteiger partial charge in [-0.25, -0.2) is 0 Å². The summed E-state index contributed by atoms with van der Waals surface area (Å²) in [5, 5.41) is 13.2. The third-order valence-corrected chi connectivity index (χ3v) is 4.91. The number of hydrogen-bond acceptors (Lipinski definition) is 3. The number of nitrogens with zero attached hydrogens (tertiary/aromatic N) is 1. The Hall–Kier alpha value is -2.64. The monoisotopic (exact) mass is 320 g/mol. The topological polar surface area (TPSA) is 52.9 Å². The number of carbonyl (C=O) groups is 1. The number of fused-ring (bicyclic) bond motifs is 1. The second kappa shape index (κ2) is 6.64. The van der Waals surface area contributed by atoms with E-state index < -0.39 is 0 Å². The summed E-state index contributed by atoms with van der Waals surface area (Å²) in [5.41, 5.74) is 2.12. The molecule has 0 spiro atoms. The highest BCUT2D eigenvalue weighted by atomic mass is 32.1. The van der Waals surface area contributed by atoms with Crippen LogP contribution in [0.3, 0.4) is 0 Å². The molecule has 2 aromatic carbocycles. The van der Waals surface area contributed by atoms with E-state index in [1.807, 2.05) is 24.3 Å². The number of nitriles is 1. The standard InChI is InChI=1S/C19H16N2OS/c1-2-7-15-14-9-4-6-11-17(14)23-18(15)19(22)21-16-10-5-3-8-13(16)12-20/h3-6,8-11H,2,7H2,1H3,(H,21,22). The molecule has 0 fully saturated rings. The van der Waals surface area contributed by atoms with Crippen molar-refractivity contribution in [3.8, 4) is 6.07 Å². The molecule has 3 aromatic rings. The van der Waals surface area contributed by atoms with Crippen LogP contribution >= 0.6 is 11.3 Å². The van der Waals surface area contributed by atoms with Crippen LogP contribution in [0.15, 0.2) is 48.5 Å². The molecule has 4 heteroatoms. The smallest absolute Gasteiger partial charge is 0.266 e. The van der Waals surface area contributed by atoms with Crippen LogP contribution in [0.25, 0.3) is 10.1 Å². The van der Waals surface area contributed by atoms with Gasteiger partial charge in [0.1, 0.15) is 6.07 Å². The molecule has 114 valence electrons. The van der Waals surface area contributed by atoms with Gasteiger partial charge in [-0.1, -0.05) is 43.7 Å². The molecule has 0 saturated heterocycles. The van der Waals surface area contributed by atoms with Gasteiger partial charge in [-0.3, -0.25) is 4.79 Å². The molecule has 1 aromatic heterocycles. The van der Waals surface area contributed by atoms with E-state index in [4.69, 9.17) is 5.26 Å². The zero-order valence-electron chi connectivity index (χ0n) is 12.8. The Kier molecular flexibility index (Phi) is 4.40. The van der Waals surface area contributed by atoms with E-state index >= 15 is 0 Å². The molecule has 0 aliphatic carbocycles. The van der Waals surface area contributed by atoms with E-state index in [1.165, 1.54) is 11.3 Å². The summed E-state index contributed by atoms with van der Waals surface area (Å²) < 4.78 is 1.12. The third kappa shape index (κ3) is 2.96. The Bertz CT molecular complexity index is 905. The fraction of sp³-hybridized carbons (Fsp3) is 0.158. The number of rotatable bonds is 4. The minimum atomic E-state index is -0.141. The fourth-order valence-electron chi connectivity index (χ4n) is 2.65. The van der Waals surface area contributed by atoms with Gasteiger partial charge in [0.05, 0.1) is 16.1 Å². The van der Waals surface area contributed by atoms with E-state index in [9.17, 15) is 4.79 Å². The zero-order chi connectivity index (χ0) is 16.2. The first-order chi connectivity index (χ1) is 11.2. The number of benzene rings is 2. The fourth-order valence-corrected chi connectivity index (χ4v) is 3.80. The second-order valence-corrected chi connectivity index (χ2v) is 6.32. The van der Waals surface area contributed by atoms with Crippen LogP contribution in [-0.2, 0) is 6.42 Å². The van der Waals surface area contributed by atoms with Crippen molar-refractivity contribution in [2.24, 2.45) is 0 Å². The van der Waals surface area contributed by atoms with Gasteiger partial charge in [-0.2, -0.15) is 5.26 Å². The van der Waals surface area contributed by atoms with Crippen LogP contribution in [0, 0.1) is 11.3 Å². The molecule has 1 amide bonds. The number of nitrogens with one attached hydrogen (secondary N) is 1. The van der Waals surface area contributed by atoms with E-state index in [0.717, 1.165) is 33.4 Å². The lowest BCUT2D eigenvalue weighted by molar-refractivity contribution is 0.103. The normalized spacial score (nSPS) is 10.4. The van der Waals surface area contributed by atoms with E-state index in [2.05, 4.69) is 24.4 Å². The molecule has 0 aliphatic heterocycles. The molecule has 1 heterocycles. The average molecular weight is 320 g/mol. The van der Waals surface area contributed by atoms with Gasteiger partial charge in [0.2, 0.25) is 0 Å². The predicted molar refractivity (Wildman–Crippen MR) is 94.9 cm³/mol. The average Bonchev–Trinajstić information content (AvgIpc) is 2.95. The van der Waals surface area contributed by atoms with Gasteiger partial charge in [-0.15, -0.1) is 11.3 Å². The molecule has 3 rings (SSSR count). The Morgan fingerprint density at radius 2 is 1.91 bits per heavy atom. The summed E-state index contributed by atoms with van der Waals surface area (Å²) >= 11 is 1.51. The molecule has 0 saturated carbocycles. The summed E-state index contributed by atoms with van der Waals surface area (Å²) in [7, 11) is 0. The molecule has 0 bridgehead atoms. The first kappa shape index (κ1) is 15.3. The van der Waals surface area contributed by atoms with Crippen molar-refractivity contribution in [2.75, 3.05) is 5.32 Å². The van der Waals surface area contributed by atoms with Crippen LogP contribution in [0.2, 0.25) is 0 Å². The van der Waals surface area contributed by atoms with Crippen molar-refractivity contribution in [1.29, 1.82) is 5.26 Å². The van der Waals surface area contributed by atoms with Gasteiger partial charge in [0, 0.05) is 4.70 Å². The van der Waals surface area contributed by atoms with E-state index in [-0.39, 0.29) is 5.91 Å². The molecule has 1 N–H and O–H groups in total. The molecular formula is C19H16N2OS. The van der Waals surface area contributed by atoms with Crippen molar-refractivity contribution in [3.63, 3.8) is 0 Å². The molecule has 0 unspecified atom stereocenters. The van der Waals surface area contributed by atoms with E-state index in [1.54, 1.807) is 18.2 Å². The van der Waals surface area contributed by atoms with Gasteiger partial charge >= 0.3 is 0 Å². The molecule has 3 nitrogen and oxygen atoms in total. The summed E-state index contributed by atoms with van der Waals surface area (Å²) in [6.45, 7) is 2.11. The molecule has 0 aliphatic rings. The highest BCUT2D eigenvalue weighted by Gasteiger charge is 2.18. The maximum atomic E-state index is 12.7. The van der Waals surface area contributed by atoms with Crippen LogP contribution in [-0.4, -0.2) is 5.91 Å². The number of anilines is 1. The number of carbonyl (C=O) groups excluding carboxylic acids is 1. The lowest BCUT2D eigenvalue weighted by Crippen LogP contribution is -2.13. The Morgan fingerprint density at radius 3 is 2.70 bits per heavy atom. The molecular weight excluding hydrogens is 304 g/mol. The van der Waals surface area contributed by atoms with Crippen molar-refractivity contribution >= 4 is 33.0 Å². The van der Waals surface area contributed by atoms with Crippen molar-refractivity contribution in [2.45, 2.75) is 19.8 Å². The van der Waals surface area contributed by atoms with E-state index in [0.29, 0.717) is 11.3 Å². The maximum absolute atomic E-state index is 12.7. The lowest BCUT2D eigenvalue weighted by Gasteiger charge is -2.07. The number of aryl methyl sites for hydroxylation is 1. The largest absolute Gasteiger partial charge is 0.320 e. The molecule has 23 heavy (non-hydrogen) atoms. The first-order valence-electron chi connectivity index (χ1n) is 7.55. The summed E-state index contributed by atoms with van der Waals surface area (Å²) in [4.78, 5) is 13.5. The summed E-state index contributed by atoms with van der Waals surface area (Å²) in [6, 6.07) is 17.3. The molecule has 0 atom stereocenters. The Labute approximate surface area is 139 Å². The summed E-state index contributed by atoms with van der Waals surface area (Å²) in [6.07, 6.45) is 1.85. The number of amides is 1. The first-order valence-corrected chi connectivity index (χ1v) is 8.37. The maximum Gasteiger partial charge on any atom is 0.266 e. The highest BCUT2D eigenvalue weighted by Crippen LogP contribution is 2.33. The van der Waals surface area contributed by atoms with Gasteiger partial charge < -0.3 is 5.32 Å². The van der Waals surface area contributed by atoms with Crippen LogP contribution in [0.1, 0.15) is 34.1 Å². The quantitative estimate of drug-likeness (QED) is 0.737. The Morgan fingerprint density at radius 1 is 1.17 bits per heavy atom. The number of hydrogen-bond donors (Lipinski definition) is 1. The lowest BCUT2D eigenvalue weighted by atomic mass is 10.1. The predicted octanol–water partition coefficient (Wildman–Crippen LogP) is 4.98. The zero-order valence-corrected chi connectivity index (χ0v) is 13.6. The van der Waals surface area contributed by atoms with Crippen LogP contribution < -0.4 is 5.32 Å². The SMILES string of the molecule is CCCc1c(C(=O)Nc2ccccc2C#N)sc2ccccc12. The minimum Gasteiger partial charge on any atom is -0.320 e. The van der Waals surface area contributed by atoms with Gasteiger partial charge in [0.25, 0.3) is 5.91 Å². The Balaban J connectivity index is 2.01. The highest BCUT2D eigenvalue weighted by molar-refractivity contribution is 7.21. The molecule has 0 radical (unpaired) electrons. The van der Waals surface area contributed by atoms with Crippen molar-refractivity contribution in [3.05, 3.63) is 64.5 Å². The van der Waals surface area contributed by atoms with Gasteiger partial charge in [0.15, 0.2) is 0 Å².